The quantitative estimate of drug-likeness (QED) is 0.252. The van der Waals surface area contributed by atoms with Crippen LogP contribution in [0, 0.1) is 20.8 Å². The van der Waals surface area contributed by atoms with Crippen molar-refractivity contribution in [3.8, 4) is 0 Å². The fraction of sp³-hybridized carbons (Fsp3) is 0.136. The minimum Gasteiger partial charge on any atom is -0.346 e. The monoisotopic (exact) mass is 335 g/mol. The molecule has 0 saturated carbocycles. The third kappa shape index (κ3) is 5.20. The standard InChI is InChI=1S/2C10H9.C2H5.Ti/c2*1-8-6-9-4-2-3-5-10(9)7-8;1-2;/h2*2-7H,1H3;1H2,2H3;/q3*-1;+3. The molecule has 0 unspecified atom stereocenters. The molecular weight excluding hydrogens is 312 g/mol. The molecule has 0 fully saturated rings. The molecule has 1 heteroatoms. The van der Waals surface area contributed by atoms with Crippen molar-refractivity contribution >= 4 is 21.5 Å². The Morgan fingerprint density at radius 2 is 1.00 bits per heavy atom. The molecule has 23 heavy (non-hydrogen) atoms. The van der Waals surface area contributed by atoms with Crippen LogP contribution in [-0.4, -0.2) is 0 Å². The molecule has 0 N–H and O–H groups in total. The molecule has 0 atom stereocenters. The number of hydrogen-bond acceptors (Lipinski definition) is 0. The van der Waals surface area contributed by atoms with Crippen LogP contribution in [0.5, 0.6) is 0 Å². The normalized spacial score (nSPS) is 9.39. The molecule has 0 bridgehead atoms. The van der Waals surface area contributed by atoms with Gasteiger partial charge < -0.3 is 6.92 Å². The second-order valence-electron chi connectivity index (χ2n) is 5.32. The van der Waals surface area contributed by atoms with Gasteiger partial charge in [0.2, 0.25) is 0 Å². The second kappa shape index (κ2) is 9.50. The number of fused-ring (bicyclic) bond motifs is 2. The summed E-state index contributed by atoms with van der Waals surface area (Å²) in [5, 5.41) is 5.39. The maximum Gasteiger partial charge on any atom is 3.00 e. The van der Waals surface area contributed by atoms with E-state index in [4.69, 9.17) is 0 Å². The van der Waals surface area contributed by atoms with Crippen LogP contribution in [0.15, 0.2) is 72.8 Å². The predicted molar refractivity (Wildman–Crippen MR) is 99.6 cm³/mol. The van der Waals surface area contributed by atoms with Crippen molar-refractivity contribution in [2.24, 2.45) is 0 Å². The third-order valence-electron chi connectivity index (χ3n) is 3.52. The zero-order valence-electron chi connectivity index (χ0n) is 14.1. The Kier molecular flexibility index (Phi) is 8.02. The molecule has 4 aromatic carbocycles. The molecule has 4 aromatic rings. The summed E-state index contributed by atoms with van der Waals surface area (Å²) in [6, 6.07) is 25.7. The first-order chi connectivity index (χ1) is 10.7. The van der Waals surface area contributed by atoms with E-state index in [1.165, 1.54) is 32.7 Å². The Hall–Kier alpha value is -1.63. The van der Waals surface area contributed by atoms with Gasteiger partial charge in [-0.25, -0.2) is 0 Å². The topological polar surface area (TPSA) is 0 Å². The molecule has 0 heterocycles. The minimum absolute atomic E-state index is 0. The Balaban J connectivity index is 0.000000200. The second-order valence-corrected chi connectivity index (χ2v) is 5.32. The molecule has 0 amide bonds. The van der Waals surface area contributed by atoms with Crippen LogP contribution in [0.25, 0.3) is 21.5 Å². The van der Waals surface area contributed by atoms with Crippen molar-refractivity contribution in [2.45, 2.75) is 20.8 Å². The van der Waals surface area contributed by atoms with Crippen molar-refractivity contribution in [1.29, 1.82) is 0 Å². The van der Waals surface area contributed by atoms with Gasteiger partial charge in [-0.2, -0.15) is 19.1 Å². The van der Waals surface area contributed by atoms with E-state index >= 15 is 0 Å². The van der Waals surface area contributed by atoms with Crippen LogP contribution in [0.3, 0.4) is 0 Å². The molecule has 115 valence electrons. The molecule has 0 aliphatic carbocycles. The number of hydrogen-bond donors (Lipinski definition) is 0. The van der Waals surface area contributed by atoms with Crippen LogP contribution in [-0.2, 0) is 21.7 Å². The molecule has 0 aromatic heterocycles. The van der Waals surface area contributed by atoms with Gasteiger partial charge in [-0.3, -0.25) is 0 Å². The van der Waals surface area contributed by atoms with Crippen molar-refractivity contribution in [1.82, 2.24) is 0 Å². The van der Waals surface area contributed by atoms with Crippen molar-refractivity contribution in [2.75, 3.05) is 0 Å². The maximum atomic E-state index is 3.25. The summed E-state index contributed by atoms with van der Waals surface area (Å²) in [4.78, 5) is 0. The summed E-state index contributed by atoms with van der Waals surface area (Å²) in [5.41, 5.74) is 2.70. The van der Waals surface area contributed by atoms with Crippen LogP contribution < -0.4 is 0 Å². The van der Waals surface area contributed by atoms with E-state index in [9.17, 15) is 0 Å². The number of benzene rings is 2. The molecule has 0 aliphatic heterocycles. The van der Waals surface area contributed by atoms with E-state index < -0.39 is 0 Å². The van der Waals surface area contributed by atoms with Gasteiger partial charge in [-0.1, -0.05) is 26.0 Å². The van der Waals surface area contributed by atoms with Crippen molar-refractivity contribution < 1.29 is 21.7 Å². The maximum absolute atomic E-state index is 3.25. The zero-order chi connectivity index (χ0) is 15.9. The summed E-state index contributed by atoms with van der Waals surface area (Å²) in [7, 11) is 0. The van der Waals surface area contributed by atoms with Crippen LogP contribution >= 0.6 is 0 Å². The smallest absolute Gasteiger partial charge is 0.346 e. The first kappa shape index (κ1) is 19.4. The summed E-state index contributed by atoms with van der Waals surface area (Å²) in [6.45, 7) is 9.25. The zero-order valence-corrected chi connectivity index (χ0v) is 15.7. The van der Waals surface area contributed by atoms with E-state index in [0.717, 1.165) is 0 Å². The van der Waals surface area contributed by atoms with Gasteiger partial charge in [0, 0.05) is 0 Å². The van der Waals surface area contributed by atoms with Gasteiger partial charge in [0.1, 0.15) is 0 Å². The van der Waals surface area contributed by atoms with Crippen molar-refractivity contribution in [3.05, 3.63) is 90.8 Å². The average molecular weight is 335 g/mol. The van der Waals surface area contributed by atoms with Gasteiger partial charge >= 0.3 is 21.7 Å². The molecule has 1 radical (unpaired) electrons. The predicted octanol–water partition coefficient (Wildman–Crippen LogP) is 6.57. The summed E-state index contributed by atoms with van der Waals surface area (Å²) < 4.78 is 0. The fourth-order valence-corrected chi connectivity index (χ4v) is 2.61. The first-order valence-corrected chi connectivity index (χ1v) is 7.67. The Bertz CT molecular complexity index is 695. The Morgan fingerprint density at radius 3 is 1.35 bits per heavy atom. The Morgan fingerprint density at radius 1 is 0.652 bits per heavy atom. The number of aryl methyl sites for hydroxylation is 2. The summed E-state index contributed by atoms with van der Waals surface area (Å²) in [6.07, 6.45) is 0. The molecule has 4 rings (SSSR count). The average Bonchev–Trinajstić information content (AvgIpc) is 3.10. The largest absolute Gasteiger partial charge is 3.00 e. The van der Waals surface area contributed by atoms with Crippen molar-refractivity contribution in [3.63, 3.8) is 0 Å². The van der Waals surface area contributed by atoms with Gasteiger partial charge in [0.05, 0.1) is 0 Å². The summed E-state index contributed by atoms with van der Waals surface area (Å²) >= 11 is 0. The van der Waals surface area contributed by atoms with Crippen LogP contribution in [0.2, 0.25) is 0 Å². The molecule has 0 spiro atoms. The van der Waals surface area contributed by atoms with Gasteiger partial charge in [-0.05, 0) is 0 Å². The van der Waals surface area contributed by atoms with Crippen LogP contribution in [0.4, 0.5) is 0 Å². The fourth-order valence-electron chi connectivity index (χ4n) is 2.61. The van der Waals surface area contributed by atoms with E-state index in [-0.39, 0.29) is 21.7 Å². The van der Waals surface area contributed by atoms with Crippen LogP contribution in [0.1, 0.15) is 18.1 Å². The molecule has 0 nitrogen and oxygen atoms in total. The van der Waals surface area contributed by atoms with E-state index in [0.29, 0.717) is 0 Å². The minimum atomic E-state index is 0. The molecule has 0 saturated heterocycles. The van der Waals surface area contributed by atoms with E-state index in [2.05, 4.69) is 93.6 Å². The van der Waals surface area contributed by atoms with Gasteiger partial charge in [-0.15, -0.1) is 81.2 Å². The number of rotatable bonds is 0. The summed E-state index contributed by atoms with van der Waals surface area (Å²) in [5.74, 6) is 0. The van der Waals surface area contributed by atoms with E-state index in [1.54, 1.807) is 6.92 Å². The SMILES string of the molecule is Cc1cc2ccccc2[cH-]1.Cc1cc2ccccc2[cH-]1.[CH2-]C.[Ti+3]. The van der Waals surface area contributed by atoms with Gasteiger partial charge in [0.15, 0.2) is 0 Å². The van der Waals surface area contributed by atoms with Gasteiger partial charge in [0.25, 0.3) is 0 Å². The Labute approximate surface area is 154 Å². The molecular formula is C22H23Ti. The molecule has 0 aliphatic rings. The first-order valence-electron chi connectivity index (χ1n) is 7.67. The van der Waals surface area contributed by atoms with E-state index in [1.807, 2.05) is 0 Å². The third-order valence-corrected chi connectivity index (χ3v) is 3.52.